The van der Waals surface area contributed by atoms with Crippen LogP contribution in [0.15, 0.2) is 36.5 Å². The van der Waals surface area contributed by atoms with Crippen molar-refractivity contribution in [3.63, 3.8) is 0 Å². The van der Waals surface area contributed by atoms with Crippen LogP contribution in [0.4, 0.5) is 0 Å². The lowest BCUT2D eigenvalue weighted by atomic mass is 9.88. The van der Waals surface area contributed by atoms with Gasteiger partial charge in [0.25, 0.3) is 11.7 Å². The first-order valence-corrected chi connectivity index (χ1v) is 8.19. The number of ether oxygens (including phenoxy) is 1. The number of benzene rings is 1. The minimum atomic E-state index is -1.18. The van der Waals surface area contributed by atoms with E-state index in [9.17, 15) is 14.7 Å². The van der Waals surface area contributed by atoms with E-state index in [1.54, 1.807) is 43.5 Å². The van der Waals surface area contributed by atoms with Crippen molar-refractivity contribution in [2.45, 2.75) is 25.8 Å². The summed E-state index contributed by atoms with van der Waals surface area (Å²) in [5.41, 5.74) is 0.181. The van der Waals surface area contributed by atoms with E-state index in [4.69, 9.17) is 4.74 Å². The van der Waals surface area contributed by atoms with Crippen LogP contribution >= 0.6 is 0 Å². The predicted octanol–water partition coefficient (Wildman–Crippen LogP) is 1.56. The lowest BCUT2D eigenvalue weighted by molar-refractivity contribution is -0.138. The third-order valence-electron chi connectivity index (χ3n) is 4.23. The number of amides is 1. The standard InChI is InChI=1S/C18H19N5O4/c1-11-7-8-19-17-20-15(22-23(11)17)16(26)21-18(2,10-14(24)25)12-5-4-6-13(9-12)27-3/h4-9H,10H2,1-3H3,(H,21,26)(H,24,25). The molecule has 0 spiro atoms. The molecule has 0 radical (unpaired) electrons. The molecule has 9 nitrogen and oxygen atoms in total. The van der Waals surface area contributed by atoms with Crippen molar-refractivity contribution >= 4 is 17.7 Å². The maximum absolute atomic E-state index is 12.7. The van der Waals surface area contributed by atoms with Gasteiger partial charge in [-0.2, -0.15) is 4.98 Å². The number of aliphatic carboxylic acids is 1. The van der Waals surface area contributed by atoms with Crippen molar-refractivity contribution in [3.05, 3.63) is 53.6 Å². The summed E-state index contributed by atoms with van der Waals surface area (Å²) >= 11 is 0. The molecule has 9 heteroatoms. The van der Waals surface area contributed by atoms with E-state index in [1.807, 2.05) is 6.92 Å². The second kappa shape index (κ2) is 7.02. The number of carboxylic acid groups (broad SMARTS) is 1. The number of rotatable bonds is 6. The molecule has 3 aromatic rings. The van der Waals surface area contributed by atoms with Gasteiger partial charge < -0.3 is 15.2 Å². The second-order valence-corrected chi connectivity index (χ2v) is 6.32. The van der Waals surface area contributed by atoms with E-state index in [-0.39, 0.29) is 12.2 Å². The van der Waals surface area contributed by atoms with Gasteiger partial charge in [0.1, 0.15) is 5.75 Å². The molecule has 0 saturated heterocycles. The molecule has 0 aliphatic rings. The Morgan fingerprint density at radius 3 is 2.78 bits per heavy atom. The quantitative estimate of drug-likeness (QED) is 0.677. The fourth-order valence-corrected chi connectivity index (χ4v) is 2.80. The number of carboxylic acids is 1. The van der Waals surface area contributed by atoms with Crippen LogP contribution in [0.5, 0.6) is 5.75 Å². The van der Waals surface area contributed by atoms with Crippen molar-refractivity contribution in [2.75, 3.05) is 7.11 Å². The summed E-state index contributed by atoms with van der Waals surface area (Å²) in [5.74, 6) is -0.880. The minimum Gasteiger partial charge on any atom is -0.497 e. The smallest absolute Gasteiger partial charge is 0.306 e. The highest BCUT2D eigenvalue weighted by atomic mass is 16.5. The lowest BCUT2D eigenvalue weighted by Crippen LogP contribution is -2.45. The summed E-state index contributed by atoms with van der Waals surface area (Å²) in [7, 11) is 1.52. The van der Waals surface area contributed by atoms with Crippen molar-refractivity contribution < 1.29 is 19.4 Å². The van der Waals surface area contributed by atoms with Crippen LogP contribution in [-0.4, -0.2) is 43.7 Å². The van der Waals surface area contributed by atoms with Crippen LogP contribution in [-0.2, 0) is 10.3 Å². The molecule has 27 heavy (non-hydrogen) atoms. The molecular weight excluding hydrogens is 350 g/mol. The van der Waals surface area contributed by atoms with Gasteiger partial charge in [0, 0.05) is 11.9 Å². The number of aromatic nitrogens is 4. The fourth-order valence-electron chi connectivity index (χ4n) is 2.80. The third kappa shape index (κ3) is 3.71. The molecular formula is C18H19N5O4. The predicted molar refractivity (Wildman–Crippen MR) is 95.6 cm³/mol. The molecule has 1 atom stereocenters. The van der Waals surface area contributed by atoms with Crippen molar-refractivity contribution in [2.24, 2.45) is 0 Å². The van der Waals surface area contributed by atoms with Gasteiger partial charge in [-0.1, -0.05) is 12.1 Å². The van der Waals surface area contributed by atoms with Gasteiger partial charge in [-0.05, 0) is 37.6 Å². The van der Waals surface area contributed by atoms with Gasteiger partial charge in [0.15, 0.2) is 0 Å². The van der Waals surface area contributed by atoms with E-state index >= 15 is 0 Å². The lowest BCUT2D eigenvalue weighted by Gasteiger charge is -2.29. The van der Waals surface area contributed by atoms with E-state index in [2.05, 4.69) is 20.4 Å². The van der Waals surface area contributed by atoms with Crippen LogP contribution < -0.4 is 10.1 Å². The largest absolute Gasteiger partial charge is 0.497 e. The van der Waals surface area contributed by atoms with E-state index in [0.29, 0.717) is 17.1 Å². The number of nitrogens with zero attached hydrogens (tertiary/aromatic N) is 4. The van der Waals surface area contributed by atoms with Gasteiger partial charge in [-0.3, -0.25) is 9.59 Å². The first kappa shape index (κ1) is 18.3. The van der Waals surface area contributed by atoms with Gasteiger partial charge in [-0.15, -0.1) is 5.10 Å². The van der Waals surface area contributed by atoms with Gasteiger partial charge in [0.2, 0.25) is 5.82 Å². The Balaban J connectivity index is 1.96. The van der Waals surface area contributed by atoms with Crippen LogP contribution in [0.3, 0.4) is 0 Å². The maximum atomic E-state index is 12.7. The molecule has 0 fully saturated rings. The Kier molecular flexibility index (Phi) is 4.76. The Labute approximate surface area is 155 Å². The molecule has 2 heterocycles. The number of hydrogen-bond acceptors (Lipinski definition) is 6. The molecule has 2 aromatic heterocycles. The van der Waals surface area contributed by atoms with Crippen molar-refractivity contribution in [3.8, 4) is 5.75 Å². The molecule has 140 valence electrons. The summed E-state index contributed by atoms with van der Waals surface area (Å²) in [5, 5.41) is 16.3. The number of carbonyl (C=O) groups is 2. The summed E-state index contributed by atoms with van der Waals surface area (Å²) in [6.45, 7) is 3.45. The Morgan fingerprint density at radius 1 is 1.33 bits per heavy atom. The van der Waals surface area contributed by atoms with E-state index in [0.717, 1.165) is 5.69 Å². The summed E-state index contributed by atoms with van der Waals surface area (Å²) in [4.78, 5) is 32.4. The summed E-state index contributed by atoms with van der Waals surface area (Å²) in [6.07, 6.45) is 1.25. The van der Waals surface area contributed by atoms with Gasteiger partial charge >= 0.3 is 5.97 Å². The zero-order valence-corrected chi connectivity index (χ0v) is 15.1. The molecule has 0 aliphatic carbocycles. The molecule has 0 aliphatic heterocycles. The molecule has 1 unspecified atom stereocenters. The molecule has 1 amide bonds. The van der Waals surface area contributed by atoms with Crippen molar-refractivity contribution in [1.82, 2.24) is 24.9 Å². The zero-order valence-electron chi connectivity index (χ0n) is 15.1. The van der Waals surface area contributed by atoms with Gasteiger partial charge in [-0.25, -0.2) is 9.50 Å². The molecule has 2 N–H and O–H groups in total. The van der Waals surface area contributed by atoms with Crippen LogP contribution in [0, 0.1) is 6.92 Å². The second-order valence-electron chi connectivity index (χ2n) is 6.32. The molecule has 3 rings (SSSR count). The Morgan fingerprint density at radius 2 is 2.11 bits per heavy atom. The summed E-state index contributed by atoms with van der Waals surface area (Å²) < 4.78 is 6.65. The van der Waals surface area contributed by atoms with E-state index < -0.39 is 17.4 Å². The molecule has 0 saturated carbocycles. The topological polar surface area (TPSA) is 119 Å². The zero-order chi connectivity index (χ0) is 19.6. The van der Waals surface area contributed by atoms with E-state index in [1.165, 1.54) is 11.6 Å². The number of carbonyl (C=O) groups excluding carboxylic acids is 1. The number of aryl methyl sites for hydroxylation is 1. The number of hydrogen-bond donors (Lipinski definition) is 2. The first-order valence-electron chi connectivity index (χ1n) is 8.19. The average Bonchev–Trinajstić information content (AvgIpc) is 3.07. The summed E-state index contributed by atoms with van der Waals surface area (Å²) in [6, 6.07) is 8.64. The van der Waals surface area contributed by atoms with Gasteiger partial charge in [0.05, 0.1) is 19.1 Å². The Hall–Kier alpha value is -3.49. The highest BCUT2D eigenvalue weighted by molar-refractivity contribution is 5.92. The van der Waals surface area contributed by atoms with Crippen LogP contribution in [0.2, 0.25) is 0 Å². The number of fused-ring (bicyclic) bond motifs is 1. The molecule has 0 bridgehead atoms. The maximum Gasteiger partial charge on any atom is 0.306 e. The van der Waals surface area contributed by atoms with Crippen LogP contribution in [0.25, 0.3) is 5.78 Å². The molecule has 1 aromatic carbocycles. The first-order chi connectivity index (χ1) is 12.8. The normalized spacial score (nSPS) is 13.1. The monoisotopic (exact) mass is 369 g/mol. The average molecular weight is 369 g/mol. The SMILES string of the molecule is COc1cccc(C(C)(CC(=O)O)NC(=O)c2nc3nccc(C)n3n2)c1. The number of nitrogens with one attached hydrogen (secondary N) is 1. The minimum absolute atomic E-state index is 0.0868. The van der Waals surface area contributed by atoms with Crippen LogP contribution in [0.1, 0.15) is 35.2 Å². The third-order valence-corrected chi connectivity index (χ3v) is 4.23. The highest BCUT2D eigenvalue weighted by Gasteiger charge is 2.33. The fraction of sp³-hybridized carbons (Fsp3) is 0.278. The highest BCUT2D eigenvalue weighted by Crippen LogP contribution is 2.28. The Bertz CT molecular complexity index is 1020. The van der Waals surface area contributed by atoms with Crippen molar-refractivity contribution in [1.29, 1.82) is 0 Å². The number of methoxy groups -OCH3 is 1.